The predicted octanol–water partition coefficient (Wildman–Crippen LogP) is 4.11. The highest BCUT2D eigenvalue weighted by Crippen LogP contribution is 2.61. The first-order valence-corrected chi connectivity index (χ1v) is 21.9. The molecular formula is C48H57N5O9. The van der Waals surface area contributed by atoms with Crippen LogP contribution in [0, 0.1) is 17.8 Å². The highest BCUT2D eigenvalue weighted by Gasteiger charge is 2.58. The number of phenolic OH excluding ortho intramolecular Hbond substituents is 2. The van der Waals surface area contributed by atoms with Crippen LogP contribution in [0.3, 0.4) is 0 Å². The molecular weight excluding hydrogens is 791 g/mol. The van der Waals surface area contributed by atoms with Gasteiger partial charge in [-0.05, 0) is 116 Å². The molecule has 3 aromatic rings. The van der Waals surface area contributed by atoms with Crippen molar-refractivity contribution in [1.82, 2.24) is 16.0 Å². The minimum Gasteiger partial charge on any atom is -0.508 e. The van der Waals surface area contributed by atoms with Crippen LogP contribution in [-0.4, -0.2) is 70.5 Å². The van der Waals surface area contributed by atoms with E-state index in [1.54, 1.807) is 25.1 Å². The Balaban J connectivity index is 1.42. The molecule has 62 heavy (non-hydrogen) atoms. The average molecular weight is 848 g/mol. The van der Waals surface area contributed by atoms with Crippen LogP contribution in [0.4, 0.5) is 0 Å². The van der Waals surface area contributed by atoms with Gasteiger partial charge in [-0.2, -0.15) is 0 Å². The van der Waals surface area contributed by atoms with E-state index in [1.165, 1.54) is 0 Å². The van der Waals surface area contributed by atoms with Gasteiger partial charge in [0.15, 0.2) is 5.43 Å². The number of hydrogen-bond donors (Lipinski definition) is 9. The predicted molar refractivity (Wildman–Crippen MR) is 233 cm³/mol. The molecule has 0 radical (unpaired) electrons. The van der Waals surface area contributed by atoms with Gasteiger partial charge in [0.25, 0.3) is 0 Å². The van der Waals surface area contributed by atoms with E-state index in [0.29, 0.717) is 61.3 Å². The molecule has 11 N–H and O–H groups in total. The average Bonchev–Trinajstić information content (AvgIpc) is 3.41. The van der Waals surface area contributed by atoms with Crippen LogP contribution in [0.2, 0.25) is 0 Å². The molecule has 1 aromatic heterocycles. The van der Waals surface area contributed by atoms with Crippen LogP contribution in [0.5, 0.6) is 17.2 Å². The van der Waals surface area contributed by atoms with E-state index in [9.17, 15) is 30.0 Å². The number of nitrogens with two attached hydrogens (primary N) is 2. The molecule has 4 aliphatic heterocycles. The lowest BCUT2D eigenvalue weighted by Crippen LogP contribution is -2.59. The molecule has 328 valence electrons. The van der Waals surface area contributed by atoms with E-state index >= 15 is 0 Å². The van der Waals surface area contributed by atoms with Gasteiger partial charge in [0.05, 0.1) is 12.8 Å². The lowest BCUT2D eigenvalue weighted by atomic mass is 9.61. The summed E-state index contributed by atoms with van der Waals surface area (Å²) in [7, 11) is 0. The summed E-state index contributed by atoms with van der Waals surface area (Å²) >= 11 is 0. The second-order valence-electron chi connectivity index (χ2n) is 17.7. The molecule has 5 heterocycles. The van der Waals surface area contributed by atoms with E-state index in [4.69, 9.17) is 25.4 Å². The molecule has 0 amide bonds. The topological polar surface area (TPSA) is 235 Å². The molecule has 9 rings (SSSR count). The second kappa shape index (κ2) is 16.3. The molecule has 1 saturated carbocycles. The summed E-state index contributed by atoms with van der Waals surface area (Å²) in [6, 6.07) is 6.43. The van der Waals surface area contributed by atoms with Gasteiger partial charge in [-0.15, -0.1) is 0 Å². The number of allylic oxidation sites excluding steroid dienone is 5. The molecule has 8 atom stereocenters. The summed E-state index contributed by atoms with van der Waals surface area (Å²) in [6.07, 6.45) is 9.71. The minimum atomic E-state index is -1.28. The first-order chi connectivity index (χ1) is 29.9. The zero-order valence-corrected chi connectivity index (χ0v) is 35.4. The number of aryl methyl sites for hydroxylation is 1. The van der Waals surface area contributed by atoms with Gasteiger partial charge < -0.3 is 61.7 Å². The molecule has 2 aliphatic carbocycles. The number of phenols is 2. The number of dihydropyridines is 2. The quantitative estimate of drug-likeness (QED) is 0.120. The Morgan fingerprint density at radius 2 is 1.95 bits per heavy atom. The third kappa shape index (κ3) is 6.78. The Kier molecular flexibility index (Phi) is 11.0. The number of carbonyl (C=O) groups excluding carboxylic acids is 1. The monoisotopic (exact) mass is 847 g/mol. The van der Waals surface area contributed by atoms with Crippen molar-refractivity contribution in [3.63, 3.8) is 0 Å². The first kappa shape index (κ1) is 41.8. The number of nitrogens with one attached hydrogen (secondary N) is 3. The molecule has 8 unspecified atom stereocenters. The molecule has 1 fully saturated rings. The minimum absolute atomic E-state index is 0.00660. The highest BCUT2D eigenvalue weighted by atomic mass is 16.6. The van der Waals surface area contributed by atoms with Crippen molar-refractivity contribution in [3.8, 4) is 17.2 Å². The summed E-state index contributed by atoms with van der Waals surface area (Å²) < 4.78 is 20.7. The van der Waals surface area contributed by atoms with Crippen LogP contribution in [0.15, 0.2) is 91.6 Å². The van der Waals surface area contributed by atoms with Crippen molar-refractivity contribution in [2.24, 2.45) is 29.2 Å². The SMILES string of the molecule is CC=C(CNCC)C(=O)OC1Cc2c3c(c4oc(CO)cc(=O)c4c2O)C2C4=CCNC(N)=C4C(CCc4ccc(O)cc4C2CO)C2CCC4=CC(N)NC=C4CC2C1(C)O3. The number of aliphatic hydroxyl groups is 2. The van der Waals surface area contributed by atoms with Gasteiger partial charge in [-0.25, -0.2) is 4.79 Å². The molecule has 2 aromatic carbocycles. The summed E-state index contributed by atoms with van der Waals surface area (Å²) in [4.78, 5) is 28.6. The van der Waals surface area contributed by atoms with Gasteiger partial charge in [0.2, 0.25) is 0 Å². The van der Waals surface area contributed by atoms with Crippen molar-refractivity contribution in [1.29, 1.82) is 0 Å². The number of likely N-dealkylation sites (N-methyl/N-ethyl adjacent to an activating group) is 1. The number of aliphatic hydroxyl groups excluding tert-OH is 2. The van der Waals surface area contributed by atoms with Gasteiger partial charge in [-0.1, -0.05) is 25.1 Å². The van der Waals surface area contributed by atoms with Crippen molar-refractivity contribution in [3.05, 3.63) is 121 Å². The van der Waals surface area contributed by atoms with Gasteiger partial charge in [-0.3, -0.25) is 4.79 Å². The first-order valence-electron chi connectivity index (χ1n) is 21.9. The zero-order chi connectivity index (χ0) is 43.6. The van der Waals surface area contributed by atoms with Crippen LogP contribution in [0.25, 0.3) is 11.0 Å². The standard InChI is InChI=1S/C48H57N5O9/c1-4-23(19-51-5-2)47(59)61-37-18-33-43(58)41-36(57)17-28(21-54)60-45(41)42-39-31-12-13-52-46(50)40(31)30(11-7-24-6-9-27(56)16-32(24)34(39)22-55)29-10-8-25-15-38(49)53-20-26(25)14-35(29)48(37,3)62-44(33)42/h4,6,9,12,15-17,20,29-30,34-35,37-39,51-56,58H,5,7-8,10-11,13-14,18-19,21-22,49-50H2,1-3H3. The van der Waals surface area contributed by atoms with E-state index in [1.807, 2.05) is 26.1 Å². The number of hydrogen-bond acceptors (Lipinski definition) is 14. The number of rotatable bonds is 7. The lowest BCUT2D eigenvalue weighted by Gasteiger charge is -2.52. The van der Waals surface area contributed by atoms with Gasteiger partial charge in [0.1, 0.15) is 58.1 Å². The number of benzene rings is 2. The fourth-order valence-electron chi connectivity index (χ4n) is 11.5. The van der Waals surface area contributed by atoms with E-state index in [0.717, 1.165) is 40.3 Å². The van der Waals surface area contributed by atoms with Gasteiger partial charge in [0, 0.05) is 66.2 Å². The van der Waals surface area contributed by atoms with Crippen molar-refractivity contribution < 1.29 is 39.1 Å². The van der Waals surface area contributed by atoms with Crippen LogP contribution < -0.4 is 37.6 Å². The molecule has 14 heteroatoms. The maximum atomic E-state index is 14.3. The fraction of sp³-hybridized carbons (Fsp3) is 0.458. The van der Waals surface area contributed by atoms with Crippen molar-refractivity contribution in [2.45, 2.75) is 95.6 Å². The molecule has 4 bridgehead atoms. The molecule has 0 spiro atoms. The Labute approximate surface area is 360 Å². The Morgan fingerprint density at radius 1 is 1.13 bits per heavy atom. The number of fused-ring (bicyclic) bond motifs is 9. The fourth-order valence-corrected chi connectivity index (χ4v) is 11.5. The summed E-state index contributed by atoms with van der Waals surface area (Å²) in [5.74, 6) is -2.39. The lowest BCUT2D eigenvalue weighted by molar-refractivity contribution is -0.169. The van der Waals surface area contributed by atoms with Crippen LogP contribution in [0.1, 0.15) is 86.3 Å². The summed E-state index contributed by atoms with van der Waals surface area (Å²) in [5, 5.41) is 55.5. The highest BCUT2D eigenvalue weighted by molar-refractivity contribution is 5.92. The normalized spacial score (nSPS) is 29.0. The second-order valence-corrected chi connectivity index (χ2v) is 17.7. The number of aromatic hydroxyl groups is 2. The van der Waals surface area contributed by atoms with Gasteiger partial charge >= 0.3 is 5.97 Å². The Morgan fingerprint density at radius 3 is 2.71 bits per heavy atom. The summed E-state index contributed by atoms with van der Waals surface area (Å²) in [5.41, 5.74) is 18.4. The largest absolute Gasteiger partial charge is 0.508 e. The molecule has 14 nitrogen and oxygen atoms in total. The van der Waals surface area contributed by atoms with E-state index in [2.05, 4.69) is 28.1 Å². The summed E-state index contributed by atoms with van der Waals surface area (Å²) in [6.45, 7) is 6.07. The third-order valence-electron chi connectivity index (χ3n) is 14.5. The smallest absolute Gasteiger partial charge is 0.335 e. The number of esters is 1. The van der Waals surface area contributed by atoms with Crippen molar-refractivity contribution in [2.75, 3.05) is 26.2 Å². The number of carbonyl (C=O) groups is 1. The zero-order valence-electron chi connectivity index (χ0n) is 35.4. The van der Waals surface area contributed by atoms with Crippen LogP contribution >= 0.6 is 0 Å². The molecule has 6 aliphatic rings. The Bertz CT molecular complexity index is 2550. The molecule has 0 saturated heterocycles. The third-order valence-corrected chi connectivity index (χ3v) is 14.5. The van der Waals surface area contributed by atoms with Crippen LogP contribution in [-0.2, 0) is 29.0 Å². The maximum Gasteiger partial charge on any atom is 0.335 e. The number of ether oxygens (including phenoxy) is 2. The maximum absolute atomic E-state index is 14.3. The van der Waals surface area contributed by atoms with E-state index < -0.39 is 41.5 Å². The Hall–Kier alpha value is -5.54. The van der Waals surface area contributed by atoms with E-state index in [-0.39, 0.29) is 83.0 Å². The van der Waals surface area contributed by atoms with Crippen molar-refractivity contribution >= 4 is 16.9 Å².